The number of methoxy groups -OCH3 is 1. The average Bonchev–Trinajstić information content (AvgIpc) is 3.68. The third kappa shape index (κ3) is 5.77. The molecule has 14 heteroatoms. The molecule has 1 atom stereocenters. The standard InChI is InChI=1S/C36H31F3N4O7/c1-46-30-10-20(35(44)45)9-29-33(30)41-31(43(29)14-22-4-6-48-22)12-24-23-5-7-49-34(23)25(11-27(24)38)32-28(39)13-40-36(42-32)50-17-19-3-2-18(8-26(19)37)21-15-47-16-21/h2-3,8-11,13,21-22H,4-7,12,14-17H2,1H3,(H,44,45)/t22-/m0/s1. The molecule has 0 spiro atoms. The van der Waals surface area contributed by atoms with Crippen molar-refractivity contribution in [2.75, 3.05) is 33.5 Å². The van der Waals surface area contributed by atoms with Crippen molar-refractivity contribution in [3.8, 4) is 28.8 Å². The third-order valence-corrected chi connectivity index (χ3v) is 9.44. The van der Waals surface area contributed by atoms with Gasteiger partial charge in [0, 0.05) is 47.6 Å². The van der Waals surface area contributed by atoms with Crippen molar-refractivity contribution in [2.24, 2.45) is 0 Å². The maximum absolute atomic E-state index is 16.2. The van der Waals surface area contributed by atoms with Gasteiger partial charge in [-0.05, 0) is 36.2 Å². The van der Waals surface area contributed by atoms with Crippen LogP contribution in [0.1, 0.15) is 50.8 Å². The fraction of sp³-hybridized carbons (Fsp3) is 0.333. The summed E-state index contributed by atoms with van der Waals surface area (Å²) in [6.07, 6.45) is 2.01. The van der Waals surface area contributed by atoms with Crippen LogP contribution in [0.25, 0.3) is 22.3 Å². The Balaban J connectivity index is 1.12. The molecule has 0 radical (unpaired) electrons. The van der Waals surface area contributed by atoms with Gasteiger partial charge in [0.2, 0.25) is 0 Å². The van der Waals surface area contributed by atoms with Gasteiger partial charge in [-0.2, -0.15) is 4.98 Å². The summed E-state index contributed by atoms with van der Waals surface area (Å²) in [4.78, 5) is 24.8. The van der Waals surface area contributed by atoms with Gasteiger partial charge in [-0.1, -0.05) is 12.1 Å². The van der Waals surface area contributed by atoms with Crippen molar-refractivity contribution in [1.82, 2.24) is 19.5 Å². The van der Waals surface area contributed by atoms with E-state index >= 15 is 8.78 Å². The van der Waals surface area contributed by atoms with Gasteiger partial charge in [-0.25, -0.2) is 27.9 Å². The number of carboxylic acid groups (broad SMARTS) is 1. The predicted molar refractivity (Wildman–Crippen MR) is 171 cm³/mol. The van der Waals surface area contributed by atoms with Gasteiger partial charge in [-0.15, -0.1) is 0 Å². The number of aromatic nitrogens is 4. The molecule has 0 unspecified atom stereocenters. The van der Waals surface area contributed by atoms with E-state index in [2.05, 4.69) is 9.97 Å². The number of nitrogens with zero attached hydrogens (tertiary/aromatic N) is 4. The summed E-state index contributed by atoms with van der Waals surface area (Å²) in [5.74, 6) is -1.82. The SMILES string of the molecule is COc1cc(C(=O)O)cc2c1nc(Cc1c(F)cc(-c3nc(OCc4ccc(C5COC5)cc4F)ncc3F)c3c1CCO3)n2C[C@@H]1CCO1. The van der Waals surface area contributed by atoms with E-state index < -0.39 is 23.4 Å². The summed E-state index contributed by atoms with van der Waals surface area (Å²) < 4.78 is 76.1. The zero-order chi connectivity index (χ0) is 34.5. The van der Waals surface area contributed by atoms with E-state index in [-0.39, 0.29) is 71.6 Å². The van der Waals surface area contributed by atoms with Crippen LogP contribution in [-0.2, 0) is 35.5 Å². The summed E-state index contributed by atoms with van der Waals surface area (Å²) in [5.41, 5.74) is 2.82. The number of hydrogen-bond acceptors (Lipinski definition) is 9. The van der Waals surface area contributed by atoms with Gasteiger partial charge in [0.05, 0.1) is 56.9 Å². The van der Waals surface area contributed by atoms with Crippen LogP contribution in [0.5, 0.6) is 17.5 Å². The largest absolute Gasteiger partial charge is 0.494 e. The number of hydrogen-bond donors (Lipinski definition) is 1. The molecule has 0 saturated carbocycles. The Hall–Kier alpha value is -5.21. The molecule has 5 heterocycles. The lowest BCUT2D eigenvalue weighted by Gasteiger charge is -2.27. The molecule has 11 nitrogen and oxygen atoms in total. The van der Waals surface area contributed by atoms with E-state index in [0.29, 0.717) is 60.8 Å². The molecule has 3 aromatic carbocycles. The number of carbonyl (C=O) groups is 1. The average molecular weight is 689 g/mol. The first kappa shape index (κ1) is 32.0. The summed E-state index contributed by atoms with van der Waals surface area (Å²) >= 11 is 0. The molecule has 50 heavy (non-hydrogen) atoms. The van der Waals surface area contributed by atoms with Crippen molar-refractivity contribution in [3.63, 3.8) is 0 Å². The zero-order valence-corrected chi connectivity index (χ0v) is 26.9. The third-order valence-electron chi connectivity index (χ3n) is 9.44. The zero-order valence-electron chi connectivity index (χ0n) is 26.9. The number of halogens is 3. The normalized spacial score (nSPS) is 16.8. The Morgan fingerprint density at radius 3 is 2.60 bits per heavy atom. The van der Waals surface area contributed by atoms with Crippen LogP contribution in [0, 0.1) is 17.5 Å². The lowest BCUT2D eigenvalue weighted by Crippen LogP contribution is -2.31. The van der Waals surface area contributed by atoms with E-state index in [1.807, 2.05) is 10.6 Å². The Morgan fingerprint density at radius 2 is 1.90 bits per heavy atom. The smallest absolute Gasteiger partial charge is 0.335 e. The van der Waals surface area contributed by atoms with Crippen LogP contribution in [0.4, 0.5) is 13.2 Å². The summed E-state index contributed by atoms with van der Waals surface area (Å²) in [6.45, 7) is 2.14. The second kappa shape index (κ2) is 12.9. The fourth-order valence-electron chi connectivity index (χ4n) is 6.54. The molecule has 3 aliphatic heterocycles. The van der Waals surface area contributed by atoms with Crippen LogP contribution in [0.15, 0.2) is 42.6 Å². The molecule has 0 amide bonds. The van der Waals surface area contributed by atoms with Gasteiger partial charge in [0.1, 0.15) is 46.8 Å². The minimum Gasteiger partial charge on any atom is -0.494 e. The van der Waals surface area contributed by atoms with E-state index in [1.54, 1.807) is 6.07 Å². The van der Waals surface area contributed by atoms with Crippen molar-refractivity contribution in [2.45, 2.75) is 44.4 Å². The van der Waals surface area contributed by atoms with Crippen molar-refractivity contribution in [1.29, 1.82) is 0 Å². The highest BCUT2D eigenvalue weighted by atomic mass is 19.1. The van der Waals surface area contributed by atoms with Gasteiger partial charge in [-0.3, -0.25) is 0 Å². The van der Waals surface area contributed by atoms with Gasteiger partial charge >= 0.3 is 12.0 Å². The molecule has 2 aromatic heterocycles. The van der Waals surface area contributed by atoms with Crippen molar-refractivity contribution >= 4 is 17.0 Å². The lowest BCUT2D eigenvalue weighted by atomic mass is 9.96. The molecule has 0 aliphatic carbocycles. The van der Waals surface area contributed by atoms with Crippen LogP contribution in [0.3, 0.4) is 0 Å². The topological polar surface area (TPSA) is 127 Å². The van der Waals surface area contributed by atoms with Crippen LogP contribution in [0.2, 0.25) is 0 Å². The Labute approximate surface area is 283 Å². The highest BCUT2D eigenvalue weighted by Gasteiger charge is 2.30. The predicted octanol–water partition coefficient (Wildman–Crippen LogP) is 5.62. The maximum Gasteiger partial charge on any atom is 0.335 e. The molecule has 0 bridgehead atoms. The lowest BCUT2D eigenvalue weighted by molar-refractivity contribution is -0.0589. The second-order valence-electron chi connectivity index (χ2n) is 12.5. The number of rotatable bonds is 11. The van der Waals surface area contributed by atoms with Gasteiger partial charge < -0.3 is 33.4 Å². The monoisotopic (exact) mass is 688 g/mol. The Kier molecular flexibility index (Phi) is 8.27. The molecule has 8 rings (SSSR count). The van der Waals surface area contributed by atoms with Gasteiger partial charge in [0.25, 0.3) is 0 Å². The molecular weight excluding hydrogens is 657 g/mol. The summed E-state index contributed by atoms with van der Waals surface area (Å²) in [5, 5.41) is 9.73. The number of fused-ring (bicyclic) bond motifs is 2. The molecule has 3 aliphatic rings. The van der Waals surface area contributed by atoms with E-state index in [0.717, 1.165) is 18.2 Å². The highest BCUT2D eigenvalue weighted by molar-refractivity contribution is 5.95. The van der Waals surface area contributed by atoms with E-state index in [1.165, 1.54) is 31.4 Å². The first-order valence-corrected chi connectivity index (χ1v) is 16.2. The number of benzene rings is 3. The van der Waals surface area contributed by atoms with Crippen molar-refractivity contribution < 1.29 is 46.8 Å². The molecule has 2 saturated heterocycles. The fourth-order valence-corrected chi connectivity index (χ4v) is 6.54. The Bertz CT molecular complexity index is 2150. The molecular formula is C36H31F3N4O7. The van der Waals surface area contributed by atoms with Crippen LogP contribution < -0.4 is 14.2 Å². The maximum atomic E-state index is 16.2. The van der Waals surface area contributed by atoms with E-state index in [9.17, 15) is 14.3 Å². The van der Waals surface area contributed by atoms with Crippen LogP contribution >= 0.6 is 0 Å². The molecule has 258 valence electrons. The molecule has 1 N–H and O–H groups in total. The van der Waals surface area contributed by atoms with E-state index in [4.69, 9.17) is 28.7 Å². The summed E-state index contributed by atoms with van der Waals surface area (Å²) in [6, 6.07) is 8.77. The quantitative estimate of drug-likeness (QED) is 0.187. The number of imidazole rings is 1. The number of carboxylic acids is 1. The highest BCUT2D eigenvalue weighted by Crippen LogP contribution is 2.42. The van der Waals surface area contributed by atoms with Gasteiger partial charge in [0.15, 0.2) is 5.82 Å². The Morgan fingerprint density at radius 1 is 1.06 bits per heavy atom. The second-order valence-corrected chi connectivity index (χ2v) is 12.5. The molecule has 2 fully saturated rings. The number of ether oxygens (including phenoxy) is 5. The minimum absolute atomic E-state index is 0.0270. The van der Waals surface area contributed by atoms with Crippen molar-refractivity contribution in [3.05, 3.63) is 93.7 Å². The first-order valence-electron chi connectivity index (χ1n) is 16.2. The summed E-state index contributed by atoms with van der Waals surface area (Å²) in [7, 11) is 1.43. The number of aromatic carboxylic acids is 1. The first-order chi connectivity index (χ1) is 24.3. The minimum atomic E-state index is -1.12. The van der Waals surface area contributed by atoms with Crippen LogP contribution in [-0.4, -0.2) is 70.2 Å². The molecule has 5 aromatic rings.